The maximum atomic E-state index is 12.9. The highest BCUT2D eigenvalue weighted by atomic mass is 35.5. The fourth-order valence-corrected chi connectivity index (χ4v) is 5.30. The Bertz CT molecular complexity index is 946. The van der Waals surface area contributed by atoms with Gasteiger partial charge in [0, 0.05) is 56.0 Å². The lowest BCUT2D eigenvalue weighted by molar-refractivity contribution is 0.0459. The molecule has 32 heavy (non-hydrogen) atoms. The first-order chi connectivity index (χ1) is 15.5. The number of aliphatic imine (C=N–C) groups is 1. The monoisotopic (exact) mass is 459 g/mol. The molecule has 2 amide bonds. The van der Waals surface area contributed by atoms with Crippen LogP contribution in [-0.4, -0.2) is 72.7 Å². The Morgan fingerprint density at radius 2 is 2.09 bits per heavy atom. The fourth-order valence-electron chi connectivity index (χ4n) is 5.07. The number of amides is 2. The van der Waals surface area contributed by atoms with Crippen LogP contribution in [0.15, 0.2) is 35.2 Å². The van der Waals surface area contributed by atoms with Gasteiger partial charge in [-0.3, -0.25) is 15.1 Å². The molecule has 0 radical (unpaired) electrons. The summed E-state index contributed by atoms with van der Waals surface area (Å²) in [5.74, 6) is 2.85. The van der Waals surface area contributed by atoms with Crippen molar-refractivity contribution in [1.29, 1.82) is 0 Å². The van der Waals surface area contributed by atoms with Gasteiger partial charge in [0.1, 0.15) is 18.3 Å². The Balaban J connectivity index is 1.28. The van der Waals surface area contributed by atoms with E-state index >= 15 is 0 Å². The molecule has 1 aromatic carbocycles. The summed E-state index contributed by atoms with van der Waals surface area (Å²) in [6.45, 7) is 6.86. The fraction of sp³-hybridized carbons (Fsp3) is 0.565. The molecule has 0 aromatic heterocycles. The lowest BCUT2D eigenvalue weighted by atomic mass is 9.96. The number of amidine groups is 1. The molecule has 2 saturated heterocycles. The lowest BCUT2D eigenvalue weighted by Gasteiger charge is -2.32. The number of nitrogens with one attached hydrogen (secondary N) is 1. The summed E-state index contributed by atoms with van der Waals surface area (Å²) in [5.41, 5.74) is 1.08. The van der Waals surface area contributed by atoms with Gasteiger partial charge >= 0.3 is 6.03 Å². The van der Waals surface area contributed by atoms with E-state index in [1.165, 1.54) is 0 Å². The van der Waals surface area contributed by atoms with Gasteiger partial charge in [-0.25, -0.2) is 9.79 Å². The molecular formula is C23H30ClN5O3. The van der Waals surface area contributed by atoms with Crippen LogP contribution in [0.3, 0.4) is 0 Å². The molecule has 1 N–H and O–H groups in total. The van der Waals surface area contributed by atoms with Crippen molar-refractivity contribution in [2.24, 2.45) is 16.8 Å². The van der Waals surface area contributed by atoms with Crippen molar-refractivity contribution < 1.29 is 14.3 Å². The van der Waals surface area contributed by atoms with Crippen LogP contribution in [0.1, 0.15) is 25.3 Å². The SMILES string of the molecule is COc1ccc(CN2CC(C)C(C3=NC4=CN(C5CCOCC5)CN4C(=O)N3)C2)c(Cl)c1. The predicted molar refractivity (Wildman–Crippen MR) is 122 cm³/mol. The number of halogens is 1. The Morgan fingerprint density at radius 1 is 1.28 bits per heavy atom. The number of urea groups is 1. The van der Waals surface area contributed by atoms with Gasteiger partial charge in [-0.2, -0.15) is 0 Å². The van der Waals surface area contributed by atoms with Crippen LogP contribution in [-0.2, 0) is 11.3 Å². The van der Waals surface area contributed by atoms with Gasteiger partial charge in [0.25, 0.3) is 0 Å². The van der Waals surface area contributed by atoms with E-state index < -0.39 is 0 Å². The topological polar surface area (TPSA) is 69.6 Å². The van der Waals surface area contributed by atoms with E-state index in [2.05, 4.69) is 22.0 Å². The second kappa shape index (κ2) is 8.92. The Labute approximate surface area is 193 Å². The number of ether oxygens (including phenoxy) is 2. The number of likely N-dealkylation sites (tertiary alicyclic amines) is 1. The molecule has 4 aliphatic heterocycles. The van der Waals surface area contributed by atoms with E-state index in [0.29, 0.717) is 23.7 Å². The van der Waals surface area contributed by atoms with Crippen LogP contribution in [0.5, 0.6) is 5.75 Å². The minimum atomic E-state index is -0.0836. The van der Waals surface area contributed by atoms with E-state index in [1.807, 2.05) is 24.4 Å². The molecule has 0 aliphatic carbocycles. The summed E-state index contributed by atoms with van der Waals surface area (Å²) < 4.78 is 10.7. The van der Waals surface area contributed by atoms with Gasteiger partial charge < -0.3 is 14.4 Å². The number of methoxy groups -OCH3 is 1. The molecular weight excluding hydrogens is 430 g/mol. The molecule has 8 nitrogen and oxygen atoms in total. The molecule has 0 spiro atoms. The molecule has 2 unspecified atom stereocenters. The molecule has 4 heterocycles. The maximum Gasteiger partial charge on any atom is 0.329 e. The maximum absolute atomic E-state index is 12.9. The van der Waals surface area contributed by atoms with E-state index in [9.17, 15) is 4.79 Å². The molecule has 1 aromatic rings. The van der Waals surface area contributed by atoms with E-state index in [1.54, 1.807) is 12.0 Å². The first-order valence-electron chi connectivity index (χ1n) is 11.3. The third-order valence-electron chi connectivity index (χ3n) is 6.93. The molecule has 172 valence electrons. The Hall–Kier alpha value is -2.29. The van der Waals surface area contributed by atoms with Gasteiger partial charge in [0.05, 0.1) is 7.11 Å². The summed E-state index contributed by atoms with van der Waals surface area (Å²) in [6.07, 6.45) is 4.01. The molecule has 0 bridgehead atoms. The van der Waals surface area contributed by atoms with Crippen LogP contribution >= 0.6 is 11.6 Å². The average Bonchev–Trinajstić information content (AvgIpc) is 3.39. The van der Waals surface area contributed by atoms with Crippen LogP contribution in [0.2, 0.25) is 5.02 Å². The Morgan fingerprint density at radius 3 is 2.84 bits per heavy atom. The van der Waals surface area contributed by atoms with Crippen LogP contribution < -0.4 is 10.1 Å². The van der Waals surface area contributed by atoms with Gasteiger partial charge in [0.15, 0.2) is 5.82 Å². The minimum Gasteiger partial charge on any atom is -0.497 e. The van der Waals surface area contributed by atoms with Gasteiger partial charge in [0.2, 0.25) is 0 Å². The number of hydrogen-bond donors (Lipinski definition) is 1. The van der Waals surface area contributed by atoms with E-state index in [4.69, 9.17) is 26.1 Å². The zero-order valence-corrected chi connectivity index (χ0v) is 19.3. The number of carbonyl (C=O) groups is 1. The number of nitrogens with zero attached hydrogens (tertiary/aromatic N) is 4. The number of hydrogen-bond acceptors (Lipinski definition) is 6. The van der Waals surface area contributed by atoms with Gasteiger partial charge in [-0.1, -0.05) is 24.6 Å². The summed E-state index contributed by atoms with van der Waals surface area (Å²) in [7, 11) is 1.64. The van der Waals surface area contributed by atoms with Gasteiger partial charge in [-0.05, 0) is 36.5 Å². The second-order valence-electron chi connectivity index (χ2n) is 9.08. The van der Waals surface area contributed by atoms with Crippen molar-refractivity contribution >= 4 is 23.5 Å². The van der Waals surface area contributed by atoms with Crippen LogP contribution in [0.4, 0.5) is 4.79 Å². The van der Waals surface area contributed by atoms with Crippen molar-refractivity contribution in [1.82, 2.24) is 20.0 Å². The number of fused-ring (bicyclic) bond motifs is 1. The average molecular weight is 460 g/mol. The van der Waals surface area contributed by atoms with Crippen molar-refractivity contribution in [3.05, 3.63) is 40.8 Å². The third kappa shape index (κ3) is 4.19. The molecule has 0 saturated carbocycles. The highest BCUT2D eigenvalue weighted by molar-refractivity contribution is 6.31. The normalized spacial score (nSPS) is 26.7. The van der Waals surface area contributed by atoms with E-state index in [-0.39, 0.29) is 11.9 Å². The zero-order valence-electron chi connectivity index (χ0n) is 18.6. The standard InChI is InChI=1S/C23H30ClN5O3/c1-15-10-27(11-16-3-4-18(31-2)9-20(16)24)12-19(15)22-25-21-13-28(14-29(21)23(30)26-22)17-5-7-32-8-6-17/h3-4,9,13,15,17,19H,5-8,10-12,14H2,1-2H3,(H,25,26,30). The summed E-state index contributed by atoms with van der Waals surface area (Å²) >= 11 is 6.45. The largest absolute Gasteiger partial charge is 0.497 e. The van der Waals surface area contributed by atoms with Gasteiger partial charge in [-0.15, -0.1) is 0 Å². The van der Waals surface area contributed by atoms with Crippen LogP contribution in [0.25, 0.3) is 0 Å². The summed E-state index contributed by atoms with van der Waals surface area (Å²) in [4.78, 5) is 24.1. The predicted octanol–water partition coefficient (Wildman–Crippen LogP) is 3.09. The highest BCUT2D eigenvalue weighted by Gasteiger charge is 2.40. The summed E-state index contributed by atoms with van der Waals surface area (Å²) in [5, 5.41) is 3.78. The van der Waals surface area contributed by atoms with Crippen LogP contribution in [0, 0.1) is 11.8 Å². The van der Waals surface area contributed by atoms with Crippen molar-refractivity contribution in [2.75, 3.05) is 40.1 Å². The Kier molecular flexibility index (Phi) is 6.01. The van der Waals surface area contributed by atoms with Crippen molar-refractivity contribution in [2.45, 2.75) is 32.4 Å². The molecule has 2 atom stereocenters. The highest BCUT2D eigenvalue weighted by Crippen LogP contribution is 2.32. The minimum absolute atomic E-state index is 0.0836. The molecule has 9 heteroatoms. The zero-order chi connectivity index (χ0) is 22.2. The quantitative estimate of drug-likeness (QED) is 0.732. The first kappa shape index (κ1) is 21.6. The molecule has 5 rings (SSSR count). The third-order valence-corrected chi connectivity index (χ3v) is 7.28. The molecule has 2 fully saturated rings. The summed E-state index contributed by atoms with van der Waals surface area (Å²) in [6, 6.07) is 6.13. The number of rotatable bonds is 5. The smallest absolute Gasteiger partial charge is 0.329 e. The van der Waals surface area contributed by atoms with Crippen molar-refractivity contribution in [3.8, 4) is 5.75 Å². The first-order valence-corrected chi connectivity index (χ1v) is 11.7. The second-order valence-corrected chi connectivity index (χ2v) is 9.48. The molecule has 4 aliphatic rings. The van der Waals surface area contributed by atoms with Crippen molar-refractivity contribution in [3.63, 3.8) is 0 Å². The van der Waals surface area contributed by atoms with E-state index in [0.717, 1.165) is 68.7 Å². The number of benzene rings is 1. The number of carbonyl (C=O) groups excluding carboxylic acids is 1. The lowest BCUT2D eigenvalue weighted by Crippen LogP contribution is -2.50.